The summed E-state index contributed by atoms with van der Waals surface area (Å²) >= 11 is 0. The molecule has 3 aliphatic rings. The summed E-state index contributed by atoms with van der Waals surface area (Å²) in [6.07, 6.45) is 4.12. The van der Waals surface area contributed by atoms with Crippen LogP contribution in [-0.2, 0) is 9.57 Å². The van der Waals surface area contributed by atoms with Gasteiger partial charge in [-0.25, -0.2) is 0 Å². The van der Waals surface area contributed by atoms with Gasteiger partial charge in [-0.1, -0.05) is 18.5 Å². The molecule has 0 aromatic heterocycles. The molecule has 0 aromatic carbocycles. The lowest BCUT2D eigenvalue weighted by Gasteiger charge is -2.36. The molecule has 20 heavy (non-hydrogen) atoms. The molecule has 0 bridgehead atoms. The maximum Gasteiger partial charge on any atom is 0.233 e. The number of rotatable bonds is 3. The lowest BCUT2D eigenvalue weighted by Crippen LogP contribution is -2.46. The lowest BCUT2D eigenvalue weighted by molar-refractivity contribution is -0.0218. The van der Waals surface area contributed by atoms with E-state index in [4.69, 9.17) is 9.57 Å². The van der Waals surface area contributed by atoms with Crippen LogP contribution in [0.2, 0.25) is 0 Å². The molecule has 0 spiro atoms. The number of likely N-dealkylation sites (tertiary alicyclic amines) is 1. The Labute approximate surface area is 121 Å². The molecule has 0 amide bonds. The minimum Gasteiger partial charge on any atom is -0.470 e. The third-order valence-electron chi connectivity index (χ3n) is 5.12. The van der Waals surface area contributed by atoms with Crippen molar-refractivity contribution < 1.29 is 9.57 Å². The average molecular weight is 281 g/mol. The molecule has 0 saturated carbocycles. The second kappa shape index (κ2) is 5.90. The quantitative estimate of drug-likeness (QED) is 0.850. The molecule has 0 radical (unpaired) electrons. The van der Waals surface area contributed by atoms with E-state index < -0.39 is 0 Å². The summed E-state index contributed by atoms with van der Waals surface area (Å²) in [5, 5.41) is 7.64. The smallest absolute Gasteiger partial charge is 0.233 e. The normalized spacial score (nSPS) is 39.0. The van der Waals surface area contributed by atoms with Gasteiger partial charge in [0.25, 0.3) is 0 Å². The fourth-order valence-corrected chi connectivity index (χ4v) is 3.39. The second-order valence-electron chi connectivity index (χ2n) is 6.74. The summed E-state index contributed by atoms with van der Waals surface area (Å²) in [5.74, 6) is 1.32. The van der Waals surface area contributed by atoms with E-state index in [0.717, 1.165) is 25.5 Å². The number of piperidine rings is 1. The Hall–Kier alpha value is -0.810. The van der Waals surface area contributed by atoms with Gasteiger partial charge in [-0.05, 0) is 45.3 Å². The highest BCUT2D eigenvalue weighted by molar-refractivity contribution is 5.83. The van der Waals surface area contributed by atoms with Crippen LogP contribution in [0.25, 0.3) is 0 Å². The standard InChI is InChI=1S/C15H27N3O2/c1-12-8-16-11-15(12,2)14-17-19-10-13(20-14)9-18-6-4-3-5-7-18/h12-13,16H,3-11H2,1-2H3/t12-,13?,15-/m1/s1. The van der Waals surface area contributed by atoms with Crippen LogP contribution in [0.5, 0.6) is 0 Å². The van der Waals surface area contributed by atoms with Crippen LogP contribution in [0.3, 0.4) is 0 Å². The Balaban J connectivity index is 1.59. The predicted molar refractivity (Wildman–Crippen MR) is 78.7 cm³/mol. The van der Waals surface area contributed by atoms with E-state index in [9.17, 15) is 0 Å². The summed E-state index contributed by atoms with van der Waals surface area (Å²) in [4.78, 5) is 7.97. The Morgan fingerprint density at radius 1 is 1.35 bits per heavy atom. The van der Waals surface area contributed by atoms with Gasteiger partial charge in [0.05, 0.1) is 5.41 Å². The Kier molecular flexibility index (Phi) is 4.17. The zero-order valence-electron chi connectivity index (χ0n) is 12.7. The van der Waals surface area contributed by atoms with Crippen molar-refractivity contribution in [3.8, 4) is 0 Å². The van der Waals surface area contributed by atoms with E-state index >= 15 is 0 Å². The molecule has 1 N–H and O–H groups in total. The van der Waals surface area contributed by atoms with Crippen molar-refractivity contribution in [2.24, 2.45) is 16.5 Å². The van der Waals surface area contributed by atoms with E-state index in [0.29, 0.717) is 12.5 Å². The third-order valence-corrected chi connectivity index (χ3v) is 5.12. The molecule has 3 rings (SSSR count). The fraction of sp³-hybridized carbons (Fsp3) is 0.933. The Morgan fingerprint density at radius 2 is 2.15 bits per heavy atom. The van der Waals surface area contributed by atoms with Crippen LogP contribution in [0.15, 0.2) is 5.16 Å². The van der Waals surface area contributed by atoms with Gasteiger partial charge in [-0.3, -0.25) is 4.90 Å². The number of hydrogen-bond donors (Lipinski definition) is 1. The summed E-state index contributed by atoms with van der Waals surface area (Å²) < 4.78 is 6.19. The van der Waals surface area contributed by atoms with Crippen LogP contribution in [0, 0.1) is 11.3 Å². The third kappa shape index (κ3) is 2.79. The number of ether oxygens (including phenoxy) is 1. The first kappa shape index (κ1) is 14.1. The number of nitrogens with one attached hydrogen (secondary N) is 1. The zero-order valence-corrected chi connectivity index (χ0v) is 12.7. The zero-order chi connectivity index (χ0) is 14.0. The fourth-order valence-electron chi connectivity index (χ4n) is 3.39. The molecule has 3 heterocycles. The molecule has 1 unspecified atom stereocenters. The molecule has 0 aromatic rings. The SMILES string of the molecule is C[C@@H]1CNC[C@@]1(C)C1=NOCC(CN2CCCCC2)O1. The molecule has 114 valence electrons. The molecule has 2 saturated heterocycles. The van der Waals surface area contributed by atoms with Crippen LogP contribution in [0.4, 0.5) is 0 Å². The molecule has 2 fully saturated rings. The van der Waals surface area contributed by atoms with Crippen LogP contribution in [-0.4, -0.2) is 56.2 Å². The van der Waals surface area contributed by atoms with Crippen molar-refractivity contribution >= 4 is 5.90 Å². The molecular formula is C15H27N3O2. The van der Waals surface area contributed by atoms with Crippen LogP contribution < -0.4 is 5.32 Å². The highest BCUT2D eigenvalue weighted by Gasteiger charge is 2.44. The van der Waals surface area contributed by atoms with Gasteiger partial charge in [-0.15, -0.1) is 0 Å². The van der Waals surface area contributed by atoms with Crippen molar-refractivity contribution in [1.29, 1.82) is 0 Å². The molecule has 5 nitrogen and oxygen atoms in total. The maximum absolute atomic E-state index is 6.19. The Bertz CT molecular complexity index is 368. The topological polar surface area (TPSA) is 46.1 Å². The van der Waals surface area contributed by atoms with Crippen molar-refractivity contribution in [3.63, 3.8) is 0 Å². The van der Waals surface area contributed by atoms with E-state index in [1.165, 1.54) is 32.4 Å². The summed E-state index contributed by atoms with van der Waals surface area (Å²) in [7, 11) is 0. The number of oxime groups is 1. The first-order valence-corrected chi connectivity index (χ1v) is 7.98. The van der Waals surface area contributed by atoms with Gasteiger partial charge < -0.3 is 14.9 Å². The van der Waals surface area contributed by atoms with Gasteiger partial charge in [0.15, 0.2) is 6.61 Å². The van der Waals surface area contributed by atoms with Crippen molar-refractivity contribution in [2.45, 2.75) is 39.2 Å². The van der Waals surface area contributed by atoms with Crippen molar-refractivity contribution in [1.82, 2.24) is 10.2 Å². The summed E-state index contributed by atoms with van der Waals surface area (Å²) in [6.45, 7) is 10.4. The highest BCUT2D eigenvalue weighted by Crippen LogP contribution is 2.34. The maximum atomic E-state index is 6.19. The molecular weight excluding hydrogens is 254 g/mol. The van der Waals surface area contributed by atoms with Crippen LogP contribution >= 0.6 is 0 Å². The van der Waals surface area contributed by atoms with Gasteiger partial charge >= 0.3 is 0 Å². The van der Waals surface area contributed by atoms with Gasteiger partial charge in [0, 0.05) is 13.1 Å². The van der Waals surface area contributed by atoms with Crippen molar-refractivity contribution in [3.05, 3.63) is 0 Å². The molecule has 3 atom stereocenters. The predicted octanol–water partition coefficient (Wildman–Crippen LogP) is 1.45. The molecule has 0 aliphatic carbocycles. The van der Waals surface area contributed by atoms with Gasteiger partial charge in [0.1, 0.15) is 6.10 Å². The van der Waals surface area contributed by atoms with E-state index in [-0.39, 0.29) is 11.5 Å². The first-order chi connectivity index (χ1) is 9.68. The molecule has 3 aliphatic heterocycles. The summed E-state index contributed by atoms with van der Waals surface area (Å²) in [6, 6.07) is 0. The minimum absolute atomic E-state index is 0.0272. The van der Waals surface area contributed by atoms with E-state index in [1.807, 2.05) is 0 Å². The second-order valence-corrected chi connectivity index (χ2v) is 6.74. The largest absolute Gasteiger partial charge is 0.470 e. The monoisotopic (exact) mass is 281 g/mol. The first-order valence-electron chi connectivity index (χ1n) is 7.98. The van der Waals surface area contributed by atoms with E-state index in [2.05, 4.69) is 29.2 Å². The number of nitrogens with zero attached hydrogens (tertiary/aromatic N) is 2. The average Bonchev–Trinajstić information content (AvgIpc) is 2.81. The minimum atomic E-state index is -0.0272. The number of hydrogen-bond acceptors (Lipinski definition) is 5. The van der Waals surface area contributed by atoms with Crippen LogP contribution in [0.1, 0.15) is 33.1 Å². The van der Waals surface area contributed by atoms with Gasteiger partial charge in [-0.2, -0.15) is 0 Å². The Morgan fingerprint density at radius 3 is 2.85 bits per heavy atom. The van der Waals surface area contributed by atoms with Gasteiger partial charge in [0.2, 0.25) is 5.90 Å². The molecule has 5 heteroatoms. The summed E-state index contributed by atoms with van der Waals surface area (Å²) in [5.41, 5.74) is -0.0272. The highest BCUT2D eigenvalue weighted by atomic mass is 16.7. The lowest BCUT2D eigenvalue weighted by atomic mass is 9.81. The van der Waals surface area contributed by atoms with Crippen molar-refractivity contribution in [2.75, 3.05) is 39.3 Å². The van der Waals surface area contributed by atoms with E-state index in [1.54, 1.807) is 0 Å².